The first-order chi connectivity index (χ1) is 9.95. The Balaban J connectivity index is 2.34. The molecule has 2 aromatic rings. The minimum absolute atomic E-state index is 0.327. The van der Waals surface area contributed by atoms with E-state index in [1.54, 1.807) is 19.1 Å². The SMILES string of the molecule is C=C(C)C(=O)Oc1ccc2ccc(/C=C/C(=O)O)cc2c1. The summed E-state index contributed by atoms with van der Waals surface area (Å²) in [7, 11) is 0. The summed E-state index contributed by atoms with van der Waals surface area (Å²) in [5.41, 5.74) is 1.08. The third-order valence-electron chi connectivity index (χ3n) is 2.81. The van der Waals surface area contributed by atoms with Gasteiger partial charge < -0.3 is 9.84 Å². The van der Waals surface area contributed by atoms with Gasteiger partial charge in [0.15, 0.2) is 0 Å². The largest absolute Gasteiger partial charge is 0.478 e. The summed E-state index contributed by atoms with van der Waals surface area (Å²) in [6.07, 6.45) is 2.58. The molecule has 21 heavy (non-hydrogen) atoms. The molecule has 0 aliphatic rings. The first-order valence-corrected chi connectivity index (χ1v) is 6.28. The first-order valence-electron chi connectivity index (χ1n) is 6.28. The molecule has 2 rings (SSSR count). The Morgan fingerprint density at radius 2 is 1.86 bits per heavy atom. The van der Waals surface area contributed by atoms with Crippen LogP contribution in [0.2, 0.25) is 0 Å². The molecule has 2 aromatic carbocycles. The Morgan fingerprint density at radius 1 is 1.14 bits per heavy atom. The van der Waals surface area contributed by atoms with E-state index in [-0.39, 0.29) is 0 Å². The Morgan fingerprint density at radius 3 is 2.52 bits per heavy atom. The van der Waals surface area contributed by atoms with Crippen molar-refractivity contribution in [3.05, 3.63) is 60.2 Å². The highest BCUT2D eigenvalue weighted by atomic mass is 16.5. The number of hydrogen-bond acceptors (Lipinski definition) is 3. The van der Waals surface area contributed by atoms with Crippen molar-refractivity contribution in [2.45, 2.75) is 6.92 Å². The van der Waals surface area contributed by atoms with E-state index in [1.807, 2.05) is 24.3 Å². The van der Waals surface area contributed by atoms with Crippen molar-refractivity contribution in [1.29, 1.82) is 0 Å². The normalized spacial score (nSPS) is 10.7. The summed E-state index contributed by atoms with van der Waals surface area (Å²) in [5.74, 6) is -1.05. The van der Waals surface area contributed by atoms with Gasteiger partial charge in [-0.3, -0.25) is 0 Å². The van der Waals surface area contributed by atoms with Crippen LogP contribution in [0, 0.1) is 0 Å². The van der Waals surface area contributed by atoms with E-state index in [0.29, 0.717) is 11.3 Å². The van der Waals surface area contributed by atoms with Crippen LogP contribution in [-0.4, -0.2) is 17.0 Å². The third kappa shape index (κ3) is 3.79. The second kappa shape index (κ2) is 6.05. The van der Waals surface area contributed by atoms with Crippen LogP contribution in [0.5, 0.6) is 5.75 Å². The number of esters is 1. The first kappa shape index (κ1) is 14.5. The molecule has 0 aromatic heterocycles. The van der Waals surface area contributed by atoms with Crippen molar-refractivity contribution >= 4 is 28.8 Å². The maximum atomic E-state index is 11.5. The van der Waals surface area contributed by atoms with E-state index in [9.17, 15) is 9.59 Å². The molecule has 0 aliphatic heterocycles. The topological polar surface area (TPSA) is 63.6 Å². The zero-order valence-corrected chi connectivity index (χ0v) is 11.5. The fourth-order valence-electron chi connectivity index (χ4n) is 1.77. The average molecular weight is 282 g/mol. The van der Waals surface area contributed by atoms with Crippen LogP contribution >= 0.6 is 0 Å². The van der Waals surface area contributed by atoms with Gasteiger partial charge >= 0.3 is 11.9 Å². The number of aliphatic carboxylic acids is 1. The highest BCUT2D eigenvalue weighted by molar-refractivity contribution is 5.91. The van der Waals surface area contributed by atoms with Crippen LogP contribution in [0.4, 0.5) is 0 Å². The van der Waals surface area contributed by atoms with Gasteiger partial charge in [0.05, 0.1) is 0 Å². The highest BCUT2D eigenvalue weighted by Crippen LogP contribution is 2.23. The minimum Gasteiger partial charge on any atom is -0.478 e. The summed E-state index contributed by atoms with van der Waals surface area (Å²) in [5, 5.41) is 10.5. The molecule has 0 unspecified atom stereocenters. The van der Waals surface area contributed by atoms with Gasteiger partial charge in [-0.2, -0.15) is 0 Å². The smallest absolute Gasteiger partial charge is 0.338 e. The van der Waals surface area contributed by atoms with Crippen LogP contribution in [0.1, 0.15) is 12.5 Å². The lowest BCUT2D eigenvalue weighted by Gasteiger charge is -2.06. The van der Waals surface area contributed by atoms with Gasteiger partial charge in [0.2, 0.25) is 0 Å². The molecule has 0 saturated carbocycles. The molecular weight excluding hydrogens is 268 g/mol. The summed E-state index contributed by atoms with van der Waals surface area (Å²) < 4.78 is 5.17. The predicted molar refractivity (Wildman–Crippen MR) is 81.1 cm³/mol. The number of benzene rings is 2. The molecular formula is C17H14O4. The Bertz CT molecular complexity index is 756. The maximum Gasteiger partial charge on any atom is 0.338 e. The summed E-state index contributed by atoms with van der Waals surface area (Å²) in [6, 6.07) is 10.8. The number of carbonyl (C=O) groups is 2. The Hall–Kier alpha value is -2.88. The fraction of sp³-hybridized carbons (Fsp3) is 0.0588. The van der Waals surface area contributed by atoms with Crippen LogP contribution < -0.4 is 4.74 Å². The quantitative estimate of drug-likeness (QED) is 0.530. The van der Waals surface area contributed by atoms with Crippen LogP contribution in [0.25, 0.3) is 16.8 Å². The van der Waals surface area contributed by atoms with Crippen molar-refractivity contribution in [2.75, 3.05) is 0 Å². The molecule has 0 spiro atoms. The highest BCUT2D eigenvalue weighted by Gasteiger charge is 2.06. The number of ether oxygens (including phenoxy) is 1. The molecule has 0 aliphatic carbocycles. The Kier molecular flexibility index (Phi) is 4.18. The average Bonchev–Trinajstić information content (AvgIpc) is 2.44. The second-order valence-corrected chi connectivity index (χ2v) is 4.61. The molecule has 0 fully saturated rings. The molecule has 0 radical (unpaired) electrons. The van der Waals surface area contributed by atoms with E-state index in [2.05, 4.69) is 6.58 Å². The van der Waals surface area contributed by atoms with E-state index in [4.69, 9.17) is 9.84 Å². The van der Waals surface area contributed by atoms with E-state index in [1.165, 1.54) is 6.08 Å². The maximum absolute atomic E-state index is 11.5. The van der Waals surface area contributed by atoms with Crippen LogP contribution in [-0.2, 0) is 9.59 Å². The number of rotatable bonds is 4. The van der Waals surface area contributed by atoms with Gasteiger partial charge in [0, 0.05) is 11.6 Å². The molecule has 0 saturated heterocycles. The van der Waals surface area contributed by atoms with Gasteiger partial charge in [-0.25, -0.2) is 9.59 Å². The second-order valence-electron chi connectivity index (χ2n) is 4.61. The standard InChI is InChI=1S/C17H14O4/c1-11(2)17(20)21-15-7-6-13-5-3-12(4-8-16(18)19)9-14(13)10-15/h3-10H,1H2,2H3,(H,18,19)/b8-4+. The monoisotopic (exact) mass is 282 g/mol. The van der Waals surface area contributed by atoms with Crippen molar-refractivity contribution in [2.24, 2.45) is 0 Å². The number of carbonyl (C=O) groups excluding carboxylic acids is 1. The predicted octanol–water partition coefficient (Wildman–Crippen LogP) is 3.42. The zero-order valence-electron chi connectivity index (χ0n) is 11.5. The summed E-state index contributed by atoms with van der Waals surface area (Å²) >= 11 is 0. The van der Waals surface area contributed by atoms with Gasteiger partial charge in [0.25, 0.3) is 0 Å². The van der Waals surface area contributed by atoms with Gasteiger partial charge in [-0.1, -0.05) is 24.8 Å². The van der Waals surface area contributed by atoms with Crippen LogP contribution in [0.3, 0.4) is 0 Å². The van der Waals surface area contributed by atoms with Crippen molar-refractivity contribution in [3.8, 4) is 5.75 Å². The molecule has 1 N–H and O–H groups in total. The number of hydrogen-bond donors (Lipinski definition) is 1. The molecule has 0 heterocycles. The summed E-state index contributed by atoms with van der Waals surface area (Å²) in [6.45, 7) is 5.11. The third-order valence-corrected chi connectivity index (χ3v) is 2.81. The van der Waals surface area contributed by atoms with E-state index >= 15 is 0 Å². The molecule has 0 atom stereocenters. The van der Waals surface area contributed by atoms with Crippen LogP contribution in [0.15, 0.2) is 54.6 Å². The molecule has 106 valence electrons. The number of carboxylic acids is 1. The summed E-state index contributed by atoms with van der Waals surface area (Å²) in [4.78, 5) is 22.0. The number of carboxylic acid groups (broad SMARTS) is 1. The minimum atomic E-state index is -1.00. The molecule has 0 bridgehead atoms. The van der Waals surface area contributed by atoms with E-state index in [0.717, 1.165) is 22.4 Å². The van der Waals surface area contributed by atoms with Crippen molar-refractivity contribution in [3.63, 3.8) is 0 Å². The molecule has 4 heteroatoms. The lowest BCUT2D eigenvalue weighted by atomic mass is 10.1. The molecule has 4 nitrogen and oxygen atoms in total. The van der Waals surface area contributed by atoms with Gasteiger partial charge in [-0.15, -0.1) is 0 Å². The number of fused-ring (bicyclic) bond motifs is 1. The van der Waals surface area contributed by atoms with Gasteiger partial charge in [-0.05, 0) is 47.5 Å². The fourth-order valence-corrected chi connectivity index (χ4v) is 1.77. The Labute approximate surface area is 122 Å². The molecule has 0 amide bonds. The lowest BCUT2D eigenvalue weighted by Crippen LogP contribution is -2.07. The van der Waals surface area contributed by atoms with Crippen molar-refractivity contribution < 1.29 is 19.4 Å². The zero-order chi connectivity index (χ0) is 15.4. The van der Waals surface area contributed by atoms with E-state index < -0.39 is 11.9 Å². The van der Waals surface area contributed by atoms with Crippen molar-refractivity contribution in [1.82, 2.24) is 0 Å². The lowest BCUT2D eigenvalue weighted by molar-refractivity contribution is -0.131. The van der Waals surface area contributed by atoms with Gasteiger partial charge in [0.1, 0.15) is 5.75 Å².